The first-order valence-electron chi connectivity index (χ1n) is 10.3. The van der Waals surface area contributed by atoms with Crippen molar-refractivity contribution >= 4 is 11.6 Å². The minimum atomic E-state index is -2.22. The first kappa shape index (κ1) is 13.4. The Balaban J connectivity index is 1.91. The van der Waals surface area contributed by atoms with E-state index in [1.165, 1.54) is 0 Å². The molecule has 6 heteroatoms. The second-order valence-electron chi connectivity index (χ2n) is 7.01. The maximum atomic E-state index is 7.76. The van der Waals surface area contributed by atoms with Gasteiger partial charge in [0.05, 0.1) is 18.4 Å². The molecule has 0 saturated carbocycles. The number of pyridine rings is 1. The number of anilines is 1. The van der Waals surface area contributed by atoms with Gasteiger partial charge in [-0.25, -0.2) is 14.5 Å². The molecule has 0 saturated heterocycles. The van der Waals surface area contributed by atoms with Gasteiger partial charge in [-0.05, 0) is 39.8 Å². The Morgan fingerprint density at radius 1 is 1.15 bits per heavy atom. The molecule has 1 atom stereocenters. The fourth-order valence-electron chi connectivity index (χ4n) is 3.88. The number of hydrogen-bond acceptors (Lipinski definition) is 3. The lowest BCUT2D eigenvalue weighted by molar-refractivity contribution is -0.647. The molecule has 1 aliphatic heterocycles. The molecule has 26 heavy (non-hydrogen) atoms. The first-order valence-corrected chi connectivity index (χ1v) is 8.77. The van der Waals surface area contributed by atoms with Crippen LogP contribution in [0, 0.1) is 20.7 Å². The molecule has 0 bridgehead atoms. The Hall–Kier alpha value is -2.76. The van der Waals surface area contributed by atoms with Crippen molar-refractivity contribution in [1.29, 1.82) is 0 Å². The highest BCUT2D eigenvalue weighted by Crippen LogP contribution is 2.28. The number of fused-ring (bicyclic) bond motifs is 1. The summed E-state index contributed by atoms with van der Waals surface area (Å²) in [4.78, 5) is 8.86. The van der Waals surface area contributed by atoms with Gasteiger partial charge >= 0.3 is 0 Å². The number of imidazole rings is 2. The van der Waals surface area contributed by atoms with Crippen molar-refractivity contribution in [1.82, 2.24) is 18.9 Å². The molecular weight excluding hydrogens is 324 g/mol. The van der Waals surface area contributed by atoms with Gasteiger partial charge in [0.1, 0.15) is 11.9 Å². The molecule has 0 radical (unpaired) electrons. The Bertz CT molecular complexity index is 1140. The van der Waals surface area contributed by atoms with Gasteiger partial charge in [-0.1, -0.05) is 0 Å². The van der Waals surface area contributed by atoms with Gasteiger partial charge in [0.15, 0.2) is 11.9 Å². The molecule has 0 amide bonds. The van der Waals surface area contributed by atoms with Crippen molar-refractivity contribution < 1.29 is 8.68 Å². The van der Waals surface area contributed by atoms with Crippen molar-refractivity contribution in [3.8, 4) is 11.4 Å². The van der Waals surface area contributed by atoms with Gasteiger partial charge in [-0.15, -0.1) is 0 Å². The summed E-state index contributed by atoms with van der Waals surface area (Å²) in [6.45, 7) is 3.77. The molecule has 0 N–H and O–H groups in total. The number of rotatable bonds is 2. The fourth-order valence-corrected chi connectivity index (χ4v) is 3.88. The average molecular weight is 354 g/mol. The normalized spacial score (nSPS) is 19.3. The van der Waals surface area contributed by atoms with Gasteiger partial charge in [0, 0.05) is 36.2 Å². The highest BCUT2D eigenvalue weighted by Gasteiger charge is 2.31. The van der Waals surface area contributed by atoms with Crippen LogP contribution < -0.4 is 9.47 Å². The smallest absolute Gasteiger partial charge is 0.283 e. The Morgan fingerprint density at radius 3 is 2.54 bits per heavy atom. The van der Waals surface area contributed by atoms with Crippen molar-refractivity contribution in [2.75, 3.05) is 11.9 Å². The summed E-state index contributed by atoms with van der Waals surface area (Å²) in [5.41, 5.74) is 3.85. The van der Waals surface area contributed by atoms with Gasteiger partial charge in [-0.3, -0.25) is 4.40 Å². The molecule has 136 valence electrons. The maximum absolute atomic E-state index is 7.76. The Morgan fingerprint density at radius 2 is 1.92 bits per heavy atom. The topological polar surface area (TPSA) is 32.6 Å². The number of nitrogens with zero attached hydrogens (tertiary/aromatic N) is 6. The van der Waals surface area contributed by atoms with Crippen LogP contribution in [0.15, 0.2) is 30.6 Å². The van der Waals surface area contributed by atoms with Crippen LogP contribution in [0.4, 0.5) is 5.82 Å². The van der Waals surface area contributed by atoms with E-state index in [2.05, 4.69) is 71.0 Å². The Labute approximate surface area is 158 Å². The summed E-state index contributed by atoms with van der Waals surface area (Å²) in [7, 11) is 6.05. The van der Waals surface area contributed by atoms with E-state index in [4.69, 9.17) is 4.11 Å². The second kappa shape index (κ2) is 5.62. The molecule has 0 aromatic carbocycles. The maximum Gasteiger partial charge on any atom is 0.283 e. The first-order chi connectivity index (χ1) is 13.5. The van der Waals surface area contributed by atoms with Crippen LogP contribution in [0.3, 0.4) is 0 Å². The van der Waals surface area contributed by atoms with Crippen LogP contribution in [0.5, 0.6) is 0 Å². The average Bonchev–Trinajstić information content (AvgIpc) is 3.24. The van der Waals surface area contributed by atoms with E-state index in [0.717, 1.165) is 22.9 Å². The largest absolute Gasteiger partial charge is 0.339 e. The van der Waals surface area contributed by atoms with Crippen LogP contribution in [-0.2, 0) is 14.1 Å². The molecule has 6 nitrogen and oxygen atoms in total. The molecule has 4 heterocycles. The van der Waals surface area contributed by atoms with Crippen LogP contribution >= 0.6 is 0 Å². The summed E-state index contributed by atoms with van der Waals surface area (Å²) >= 11 is 0. The van der Waals surface area contributed by atoms with Gasteiger partial charge in [-0.2, -0.15) is 0 Å². The fraction of sp³-hybridized carbons (Fsp3) is 0.400. The van der Waals surface area contributed by atoms with E-state index in [9.17, 15) is 0 Å². The SMILES string of the molecule is [2H]C([2H])([2H])c1nc2n(C)c(-c3cccc(N4C=CN(C)[C@@H]4C)[n+]3C)c(C)n2c1C. The lowest BCUT2D eigenvalue weighted by atomic mass is 10.2. The minimum absolute atomic E-state index is 0.162. The summed E-state index contributed by atoms with van der Waals surface area (Å²) in [5.74, 6) is 1.72. The van der Waals surface area contributed by atoms with E-state index in [1.54, 1.807) is 0 Å². The lowest BCUT2D eigenvalue weighted by Crippen LogP contribution is -2.43. The predicted octanol–water partition coefficient (Wildman–Crippen LogP) is 2.66. The molecule has 0 unspecified atom stereocenters. The zero-order valence-corrected chi connectivity index (χ0v) is 16.1. The highest BCUT2D eigenvalue weighted by atomic mass is 15.4. The van der Waals surface area contributed by atoms with Crippen molar-refractivity contribution in [2.45, 2.75) is 33.8 Å². The van der Waals surface area contributed by atoms with Crippen LogP contribution in [0.2, 0.25) is 0 Å². The van der Waals surface area contributed by atoms with Crippen LogP contribution in [-0.4, -0.2) is 32.1 Å². The van der Waals surface area contributed by atoms with Gasteiger partial charge in [0.25, 0.3) is 5.82 Å². The Kier molecular flexibility index (Phi) is 2.91. The molecule has 4 rings (SSSR count). The zero-order chi connectivity index (χ0) is 21.2. The molecule has 3 aromatic rings. The van der Waals surface area contributed by atoms with E-state index in [0.29, 0.717) is 11.5 Å². The van der Waals surface area contributed by atoms with Gasteiger partial charge in [0.2, 0.25) is 5.78 Å². The molecule has 0 fully saturated rings. The lowest BCUT2D eigenvalue weighted by Gasteiger charge is -2.22. The van der Waals surface area contributed by atoms with Crippen molar-refractivity contribution in [2.24, 2.45) is 14.1 Å². The summed E-state index contributed by atoms with van der Waals surface area (Å²) in [6, 6.07) is 6.24. The summed E-state index contributed by atoms with van der Waals surface area (Å²) in [5, 5.41) is 0. The van der Waals surface area contributed by atoms with Crippen molar-refractivity contribution in [3.63, 3.8) is 0 Å². The standard InChI is InChI=1S/C20H27N6/c1-13-14(2)26-15(3)19(24(7)20(26)21-13)17-9-8-10-18(23(17)6)25-12-11-22(5)16(25)4/h8-12,16H,1-7H3/q+1/t16-/m0/s1/i1D3. The second-order valence-corrected chi connectivity index (χ2v) is 7.01. The van der Waals surface area contributed by atoms with Crippen LogP contribution in [0.25, 0.3) is 17.2 Å². The van der Waals surface area contributed by atoms with E-state index in [1.807, 2.05) is 29.9 Å². The zero-order valence-electron chi connectivity index (χ0n) is 19.1. The van der Waals surface area contributed by atoms with Crippen LogP contribution in [0.1, 0.15) is 28.1 Å². The van der Waals surface area contributed by atoms with Gasteiger partial charge < -0.3 is 9.47 Å². The molecule has 0 spiro atoms. The molecule has 3 aromatic heterocycles. The number of hydrogen-bond donors (Lipinski definition) is 0. The van der Waals surface area contributed by atoms with E-state index >= 15 is 0 Å². The minimum Gasteiger partial charge on any atom is -0.339 e. The third-order valence-corrected chi connectivity index (χ3v) is 5.57. The monoisotopic (exact) mass is 354 g/mol. The third kappa shape index (κ3) is 2.11. The number of aryl methyl sites for hydroxylation is 4. The highest BCUT2D eigenvalue weighted by molar-refractivity contribution is 5.63. The molecule has 1 aliphatic rings. The molecular formula is C20H27N6+. The quantitative estimate of drug-likeness (QED) is 0.663. The van der Waals surface area contributed by atoms with Crippen molar-refractivity contribution in [3.05, 3.63) is 47.7 Å². The molecule has 0 aliphatic carbocycles. The summed E-state index contributed by atoms with van der Waals surface area (Å²) in [6.07, 6.45) is 4.38. The van der Waals surface area contributed by atoms with E-state index < -0.39 is 6.85 Å². The summed E-state index contributed by atoms with van der Waals surface area (Å²) < 4.78 is 29.4. The third-order valence-electron chi connectivity index (χ3n) is 5.57. The predicted molar refractivity (Wildman–Crippen MR) is 104 cm³/mol. The van der Waals surface area contributed by atoms with E-state index in [-0.39, 0.29) is 11.9 Å². The number of aromatic nitrogens is 4.